The van der Waals surface area contributed by atoms with E-state index in [0.29, 0.717) is 5.92 Å². The largest absolute Gasteiger partial charge is 0.393 e. The van der Waals surface area contributed by atoms with E-state index in [1.807, 2.05) is 13.1 Å². The molecule has 0 aromatic carbocycles. The molecule has 1 fully saturated rings. The third-order valence-electron chi connectivity index (χ3n) is 3.16. The summed E-state index contributed by atoms with van der Waals surface area (Å²) in [6.07, 6.45) is 4.61. The molecule has 2 heterocycles. The molecule has 1 aromatic rings. The summed E-state index contributed by atoms with van der Waals surface area (Å²) < 4.78 is 1.02. The Kier molecular flexibility index (Phi) is 3.95. The molecule has 1 aliphatic heterocycles. The van der Waals surface area contributed by atoms with Crippen LogP contribution in [0.15, 0.2) is 22.9 Å². The summed E-state index contributed by atoms with van der Waals surface area (Å²) in [5.74, 6) is 0.431. The second kappa shape index (κ2) is 5.25. The van der Waals surface area contributed by atoms with Crippen LogP contribution in [0, 0.1) is 5.92 Å². The first kappa shape index (κ1) is 12.0. The average molecular weight is 285 g/mol. The number of rotatable bonds is 3. The van der Waals surface area contributed by atoms with Crippen molar-refractivity contribution in [2.75, 3.05) is 13.1 Å². The first-order chi connectivity index (χ1) is 7.65. The zero-order chi connectivity index (χ0) is 11.5. The number of nitrogens with zero attached hydrogens (tertiary/aromatic N) is 2. The maximum absolute atomic E-state index is 9.53. The van der Waals surface area contributed by atoms with Gasteiger partial charge >= 0.3 is 0 Å². The third-order valence-corrected chi connectivity index (χ3v) is 3.59. The molecule has 0 bridgehead atoms. The van der Waals surface area contributed by atoms with Gasteiger partial charge < -0.3 is 5.11 Å². The predicted molar refractivity (Wildman–Crippen MR) is 67.0 cm³/mol. The zero-order valence-electron chi connectivity index (χ0n) is 9.43. The van der Waals surface area contributed by atoms with Crippen molar-refractivity contribution in [1.82, 2.24) is 9.88 Å². The topological polar surface area (TPSA) is 36.4 Å². The Balaban J connectivity index is 1.92. The molecule has 16 heavy (non-hydrogen) atoms. The van der Waals surface area contributed by atoms with Crippen molar-refractivity contribution in [2.45, 2.75) is 26.0 Å². The number of pyridine rings is 1. The lowest BCUT2D eigenvalue weighted by Gasteiger charge is -2.17. The van der Waals surface area contributed by atoms with Crippen LogP contribution in [-0.2, 0) is 6.54 Å². The number of hydrogen-bond donors (Lipinski definition) is 1. The van der Waals surface area contributed by atoms with Crippen LogP contribution in [0.3, 0.4) is 0 Å². The number of hydrogen-bond acceptors (Lipinski definition) is 3. The number of aliphatic hydroxyl groups is 1. The Hall–Kier alpha value is -0.450. The average Bonchev–Trinajstić information content (AvgIpc) is 2.66. The predicted octanol–water partition coefficient (Wildman–Crippen LogP) is 2.05. The van der Waals surface area contributed by atoms with Gasteiger partial charge in [0.05, 0.1) is 6.10 Å². The summed E-state index contributed by atoms with van der Waals surface area (Å²) in [4.78, 5) is 6.53. The normalized spacial score (nSPS) is 23.6. The molecule has 2 atom stereocenters. The van der Waals surface area contributed by atoms with Gasteiger partial charge in [0.15, 0.2) is 0 Å². The van der Waals surface area contributed by atoms with Gasteiger partial charge in [-0.2, -0.15) is 0 Å². The first-order valence-corrected chi connectivity index (χ1v) is 6.44. The highest BCUT2D eigenvalue weighted by molar-refractivity contribution is 9.10. The number of aliphatic hydroxyl groups excluding tert-OH is 1. The van der Waals surface area contributed by atoms with E-state index in [1.165, 1.54) is 5.56 Å². The van der Waals surface area contributed by atoms with Crippen molar-refractivity contribution >= 4 is 15.9 Å². The maximum Gasteiger partial charge on any atom is 0.0552 e. The quantitative estimate of drug-likeness (QED) is 0.923. The summed E-state index contributed by atoms with van der Waals surface area (Å²) >= 11 is 3.43. The molecule has 1 aromatic heterocycles. The Morgan fingerprint density at radius 1 is 1.62 bits per heavy atom. The van der Waals surface area contributed by atoms with Crippen LogP contribution in [0.1, 0.15) is 18.9 Å². The highest BCUT2D eigenvalue weighted by Crippen LogP contribution is 2.21. The fourth-order valence-electron chi connectivity index (χ4n) is 2.20. The SMILES string of the molecule is CC(O)C1CCN(Cc2cncc(Br)c2)C1. The highest BCUT2D eigenvalue weighted by Gasteiger charge is 2.25. The number of aromatic nitrogens is 1. The fraction of sp³-hybridized carbons (Fsp3) is 0.583. The van der Waals surface area contributed by atoms with Gasteiger partial charge in [0.2, 0.25) is 0 Å². The lowest BCUT2D eigenvalue weighted by molar-refractivity contribution is 0.127. The summed E-state index contributed by atoms with van der Waals surface area (Å²) in [6.45, 7) is 4.87. The summed E-state index contributed by atoms with van der Waals surface area (Å²) in [5.41, 5.74) is 1.22. The highest BCUT2D eigenvalue weighted by atomic mass is 79.9. The molecule has 88 valence electrons. The molecule has 0 spiro atoms. The smallest absolute Gasteiger partial charge is 0.0552 e. The third kappa shape index (κ3) is 3.03. The second-order valence-corrected chi connectivity index (χ2v) is 5.45. The van der Waals surface area contributed by atoms with Crippen LogP contribution in [-0.4, -0.2) is 34.2 Å². The summed E-state index contributed by atoms with van der Waals surface area (Å²) in [7, 11) is 0. The minimum absolute atomic E-state index is 0.189. The monoisotopic (exact) mass is 284 g/mol. The van der Waals surface area contributed by atoms with Crippen LogP contribution in [0.4, 0.5) is 0 Å². The van der Waals surface area contributed by atoms with Crippen molar-refractivity contribution in [1.29, 1.82) is 0 Å². The lowest BCUT2D eigenvalue weighted by Crippen LogP contribution is -2.24. The molecule has 1 N–H and O–H groups in total. The molecular formula is C12H17BrN2O. The van der Waals surface area contributed by atoms with Gasteiger partial charge in [0.1, 0.15) is 0 Å². The van der Waals surface area contributed by atoms with Gasteiger partial charge in [-0.05, 0) is 53.4 Å². The molecule has 1 aliphatic rings. The van der Waals surface area contributed by atoms with Crippen molar-refractivity contribution in [3.63, 3.8) is 0 Å². The number of halogens is 1. The molecule has 2 rings (SSSR count). The minimum atomic E-state index is -0.189. The molecule has 3 nitrogen and oxygen atoms in total. The minimum Gasteiger partial charge on any atom is -0.393 e. The Morgan fingerprint density at radius 3 is 3.06 bits per heavy atom. The lowest BCUT2D eigenvalue weighted by atomic mass is 10.0. The van der Waals surface area contributed by atoms with Gasteiger partial charge in [-0.3, -0.25) is 9.88 Å². The Morgan fingerprint density at radius 2 is 2.44 bits per heavy atom. The van der Waals surface area contributed by atoms with Crippen LogP contribution < -0.4 is 0 Å². The Labute approximate surface area is 105 Å². The molecule has 1 saturated heterocycles. The molecule has 0 aliphatic carbocycles. The fourth-order valence-corrected chi connectivity index (χ4v) is 2.61. The van der Waals surface area contributed by atoms with Crippen LogP contribution >= 0.6 is 15.9 Å². The van der Waals surface area contributed by atoms with Crippen molar-refractivity contribution in [3.8, 4) is 0 Å². The molecule has 4 heteroatoms. The molecule has 2 unspecified atom stereocenters. The van der Waals surface area contributed by atoms with Crippen LogP contribution in [0.25, 0.3) is 0 Å². The molecular weight excluding hydrogens is 268 g/mol. The molecule has 0 radical (unpaired) electrons. The van der Waals surface area contributed by atoms with Gasteiger partial charge in [0, 0.05) is 30.0 Å². The summed E-state index contributed by atoms with van der Waals surface area (Å²) in [5, 5.41) is 9.53. The second-order valence-electron chi connectivity index (χ2n) is 4.54. The van der Waals surface area contributed by atoms with Crippen LogP contribution in [0.2, 0.25) is 0 Å². The van der Waals surface area contributed by atoms with Gasteiger partial charge in [0.25, 0.3) is 0 Å². The van der Waals surface area contributed by atoms with E-state index in [2.05, 4.69) is 31.9 Å². The van der Waals surface area contributed by atoms with Crippen LogP contribution in [0.5, 0.6) is 0 Å². The summed E-state index contributed by atoms with van der Waals surface area (Å²) in [6, 6.07) is 2.10. The van der Waals surface area contributed by atoms with Gasteiger partial charge in [-0.15, -0.1) is 0 Å². The molecule has 0 saturated carbocycles. The van der Waals surface area contributed by atoms with E-state index >= 15 is 0 Å². The molecule has 0 amide bonds. The van der Waals surface area contributed by atoms with Crippen molar-refractivity contribution in [3.05, 3.63) is 28.5 Å². The number of likely N-dealkylation sites (tertiary alicyclic amines) is 1. The van der Waals surface area contributed by atoms with E-state index in [1.54, 1.807) is 6.20 Å². The van der Waals surface area contributed by atoms with E-state index in [0.717, 1.165) is 30.5 Å². The van der Waals surface area contributed by atoms with Gasteiger partial charge in [-0.25, -0.2) is 0 Å². The van der Waals surface area contributed by atoms with Crippen molar-refractivity contribution < 1.29 is 5.11 Å². The Bertz CT molecular complexity index is 357. The van der Waals surface area contributed by atoms with Gasteiger partial charge in [-0.1, -0.05) is 0 Å². The van der Waals surface area contributed by atoms with E-state index < -0.39 is 0 Å². The maximum atomic E-state index is 9.53. The van der Waals surface area contributed by atoms with E-state index in [9.17, 15) is 5.11 Å². The zero-order valence-corrected chi connectivity index (χ0v) is 11.0. The van der Waals surface area contributed by atoms with E-state index in [-0.39, 0.29) is 6.10 Å². The van der Waals surface area contributed by atoms with Crippen molar-refractivity contribution in [2.24, 2.45) is 5.92 Å². The first-order valence-electron chi connectivity index (χ1n) is 5.65. The standard InChI is InChI=1S/C12H17BrN2O/c1-9(16)11-2-3-15(8-11)7-10-4-12(13)6-14-5-10/h4-6,9,11,16H,2-3,7-8H2,1H3. The van der Waals surface area contributed by atoms with E-state index in [4.69, 9.17) is 0 Å².